The van der Waals surface area contributed by atoms with E-state index in [0.29, 0.717) is 18.9 Å². The zero-order valence-corrected chi connectivity index (χ0v) is 19.7. The highest BCUT2D eigenvalue weighted by molar-refractivity contribution is 6.08. The predicted octanol–water partition coefficient (Wildman–Crippen LogP) is 1.92. The van der Waals surface area contributed by atoms with Crippen molar-refractivity contribution in [2.24, 2.45) is 5.92 Å². The molecular weight excluding hydrogens is 418 g/mol. The third-order valence-electron chi connectivity index (χ3n) is 7.76. The number of pyridine rings is 1. The van der Waals surface area contributed by atoms with E-state index in [9.17, 15) is 4.79 Å². The molecule has 0 saturated carbocycles. The van der Waals surface area contributed by atoms with Crippen LogP contribution in [0.15, 0.2) is 24.5 Å². The van der Waals surface area contributed by atoms with Crippen LogP contribution < -0.4 is 10.2 Å². The standard InChI is InChI=1S/C24H35N7O2/c1-24(2,19-5-13-33-14-6-19)29-11-9-28(10-12-29)17-18-3-8-31-20(15-18)21(16-26-31)30-7-4-22(32)27-23(30)25/h3,8,15-16,19H,4-7,9-14,17H2,1-2H3,(H2,25,27,32). The van der Waals surface area contributed by atoms with Crippen molar-refractivity contribution in [1.82, 2.24) is 24.7 Å². The summed E-state index contributed by atoms with van der Waals surface area (Å²) in [6.07, 6.45) is 6.49. The lowest BCUT2D eigenvalue weighted by atomic mass is 9.80. The number of nitrogens with one attached hydrogen (secondary N) is 2. The maximum absolute atomic E-state index is 11.6. The lowest BCUT2D eigenvalue weighted by Gasteiger charge is -2.49. The molecular formula is C24H35N7O2. The van der Waals surface area contributed by atoms with Gasteiger partial charge in [-0.25, -0.2) is 4.52 Å². The monoisotopic (exact) mass is 453 g/mol. The molecule has 3 aliphatic rings. The summed E-state index contributed by atoms with van der Waals surface area (Å²) >= 11 is 0. The number of piperazine rings is 1. The maximum Gasteiger partial charge on any atom is 0.228 e. The van der Waals surface area contributed by atoms with Gasteiger partial charge in [-0.3, -0.25) is 25.3 Å². The Kier molecular flexibility index (Phi) is 6.11. The number of carbonyl (C=O) groups is 1. The number of amides is 1. The van der Waals surface area contributed by atoms with E-state index in [1.807, 2.05) is 15.6 Å². The second-order valence-corrected chi connectivity index (χ2v) is 10.00. The normalized spacial score (nSPS) is 22.2. The highest BCUT2D eigenvalue weighted by atomic mass is 16.5. The van der Waals surface area contributed by atoms with Crippen molar-refractivity contribution >= 4 is 23.1 Å². The van der Waals surface area contributed by atoms with Gasteiger partial charge in [0.05, 0.1) is 17.4 Å². The summed E-state index contributed by atoms with van der Waals surface area (Å²) in [6, 6.07) is 4.30. The largest absolute Gasteiger partial charge is 0.381 e. The number of hydrogen-bond acceptors (Lipinski definition) is 6. The molecule has 3 aliphatic heterocycles. The maximum atomic E-state index is 11.6. The Morgan fingerprint density at radius 2 is 1.94 bits per heavy atom. The molecule has 33 heavy (non-hydrogen) atoms. The second kappa shape index (κ2) is 9.04. The molecule has 0 aromatic carbocycles. The van der Waals surface area contributed by atoms with Crippen molar-refractivity contribution in [1.29, 1.82) is 5.41 Å². The van der Waals surface area contributed by atoms with E-state index >= 15 is 0 Å². The fourth-order valence-corrected chi connectivity index (χ4v) is 5.55. The summed E-state index contributed by atoms with van der Waals surface area (Å²) in [4.78, 5) is 18.6. The molecule has 9 heteroatoms. The van der Waals surface area contributed by atoms with Crippen molar-refractivity contribution in [3.63, 3.8) is 0 Å². The summed E-state index contributed by atoms with van der Waals surface area (Å²) in [5.74, 6) is 0.723. The number of guanidine groups is 1. The number of aromatic nitrogens is 2. The van der Waals surface area contributed by atoms with Crippen LogP contribution in [0.3, 0.4) is 0 Å². The number of anilines is 1. The van der Waals surface area contributed by atoms with Crippen molar-refractivity contribution in [3.8, 4) is 0 Å². The molecule has 0 aliphatic carbocycles. The highest BCUT2D eigenvalue weighted by Gasteiger charge is 2.37. The minimum atomic E-state index is -0.104. The van der Waals surface area contributed by atoms with Crippen LogP contribution in [0.25, 0.3) is 5.52 Å². The summed E-state index contributed by atoms with van der Waals surface area (Å²) < 4.78 is 7.43. The average molecular weight is 454 g/mol. The fourth-order valence-electron chi connectivity index (χ4n) is 5.55. The molecule has 9 nitrogen and oxygen atoms in total. The number of ether oxygens (including phenoxy) is 1. The minimum absolute atomic E-state index is 0.104. The Morgan fingerprint density at radius 1 is 1.18 bits per heavy atom. The van der Waals surface area contributed by atoms with Crippen molar-refractivity contribution in [2.45, 2.75) is 45.2 Å². The highest BCUT2D eigenvalue weighted by Crippen LogP contribution is 2.33. The summed E-state index contributed by atoms with van der Waals surface area (Å²) in [7, 11) is 0. The Morgan fingerprint density at radius 3 is 2.67 bits per heavy atom. The predicted molar refractivity (Wildman–Crippen MR) is 127 cm³/mol. The lowest BCUT2D eigenvalue weighted by Crippen LogP contribution is -2.57. The van der Waals surface area contributed by atoms with Gasteiger partial charge >= 0.3 is 0 Å². The van der Waals surface area contributed by atoms with Gasteiger partial charge in [-0.15, -0.1) is 0 Å². The first-order valence-electron chi connectivity index (χ1n) is 12.1. The van der Waals surface area contributed by atoms with Gasteiger partial charge in [-0.2, -0.15) is 5.10 Å². The van der Waals surface area contributed by atoms with Gasteiger partial charge in [0.2, 0.25) is 11.9 Å². The van der Waals surface area contributed by atoms with E-state index in [-0.39, 0.29) is 17.4 Å². The van der Waals surface area contributed by atoms with Crippen LogP contribution in [0.2, 0.25) is 0 Å². The number of fused-ring (bicyclic) bond motifs is 1. The van der Waals surface area contributed by atoms with Crippen LogP contribution in [-0.2, 0) is 16.1 Å². The molecule has 2 aromatic heterocycles. The van der Waals surface area contributed by atoms with E-state index in [2.05, 4.69) is 46.2 Å². The molecule has 0 spiro atoms. The van der Waals surface area contributed by atoms with Crippen molar-refractivity contribution < 1.29 is 9.53 Å². The van der Waals surface area contributed by atoms with E-state index in [1.54, 1.807) is 6.20 Å². The minimum Gasteiger partial charge on any atom is -0.381 e. The molecule has 3 saturated heterocycles. The van der Waals surface area contributed by atoms with Gasteiger partial charge in [0.1, 0.15) is 0 Å². The number of rotatable bonds is 5. The fraction of sp³-hybridized carbons (Fsp3) is 0.625. The number of carbonyl (C=O) groups excluding carboxylic acids is 1. The average Bonchev–Trinajstić information content (AvgIpc) is 3.23. The van der Waals surface area contributed by atoms with Crippen LogP contribution in [-0.4, -0.2) is 82.8 Å². The zero-order chi connectivity index (χ0) is 23.0. The summed E-state index contributed by atoms with van der Waals surface area (Å²) in [5, 5.41) is 15.2. The molecule has 5 heterocycles. The second-order valence-electron chi connectivity index (χ2n) is 10.00. The first-order chi connectivity index (χ1) is 15.9. The third-order valence-corrected chi connectivity index (χ3v) is 7.76. The van der Waals surface area contributed by atoms with Gasteiger partial charge in [-0.05, 0) is 50.3 Å². The molecule has 178 valence electrons. The van der Waals surface area contributed by atoms with Crippen LogP contribution >= 0.6 is 0 Å². The van der Waals surface area contributed by atoms with E-state index in [4.69, 9.17) is 10.1 Å². The first-order valence-corrected chi connectivity index (χ1v) is 12.1. The quantitative estimate of drug-likeness (QED) is 0.719. The van der Waals surface area contributed by atoms with Gasteiger partial charge in [-0.1, -0.05) is 0 Å². The van der Waals surface area contributed by atoms with Gasteiger partial charge < -0.3 is 9.64 Å². The van der Waals surface area contributed by atoms with Crippen molar-refractivity contribution in [2.75, 3.05) is 50.8 Å². The van der Waals surface area contributed by atoms with E-state index < -0.39 is 0 Å². The molecule has 0 atom stereocenters. The van der Waals surface area contributed by atoms with Crippen LogP contribution in [0.4, 0.5) is 5.69 Å². The molecule has 1 amide bonds. The summed E-state index contributed by atoms with van der Waals surface area (Å²) in [6.45, 7) is 12.3. The van der Waals surface area contributed by atoms with Gasteiger partial charge in [0, 0.05) is 70.6 Å². The molecule has 0 bridgehead atoms. The zero-order valence-electron chi connectivity index (χ0n) is 19.7. The molecule has 2 aromatic rings. The lowest BCUT2D eigenvalue weighted by molar-refractivity contribution is -0.119. The number of hydrogen-bond donors (Lipinski definition) is 2. The summed E-state index contributed by atoms with van der Waals surface area (Å²) in [5.41, 5.74) is 3.29. The SMILES string of the molecule is CC(C)(C1CCOCC1)N1CCN(Cc2ccn3ncc(N4CCC(=O)NC4=N)c3c2)CC1. The van der Waals surface area contributed by atoms with Crippen LogP contribution in [0.5, 0.6) is 0 Å². The van der Waals surface area contributed by atoms with Crippen molar-refractivity contribution in [3.05, 3.63) is 30.1 Å². The Labute approximate surface area is 195 Å². The molecule has 3 fully saturated rings. The molecule has 2 N–H and O–H groups in total. The van der Waals surface area contributed by atoms with Crippen LogP contribution in [0.1, 0.15) is 38.7 Å². The van der Waals surface area contributed by atoms with Gasteiger partial charge in [0.15, 0.2) is 0 Å². The Hall–Kier alpha value is -2.49. The molecule has 0 radical (unpaired) electrons. The smallest absolute Gasteiger partial charge is 0.228 e. The molecule has 5 rings (SSSR count). The van der Waals surface area contributed by atoms with Gasteiger partial charge in [0.25, 0.3) is 0 Å². The number of nitrogens with zero attached hydrogens (tertiary/aromatic N) is 5. The first kappa shape index (κ1) is 22.3. The van der Waals surface area contributed by atoms with Crippen LogP contribution in [0, 0.1) is 11.3 Å². The third kappa shape index (κ3) is 4.49. The molecule has 0 unspecified atom stereocenters. The topological polar surface area (TPSA) is 89.2 Å². The van der Waals surface area contributed by atoms with E-state index in [1.165, 1.54) is 18.4 Å². The Balaban J connectivity index is 1.24. The Bertz CT molecular complexity index is 1020. The van der Waals surface area contributed by atoms with E-state index in [0.717, 1.165) is 57.1 Å².